The van der Waals surface area contributed by atoms with E-state index < -0.39 is 0 Å². The molecule has 1 aromatic rings. The van der Waals surface area contributed by atoms with Crippen LogP contribution in [0.2, 0.25) is 0 Å². The summed E-state index contributed by atoms with van der Waals surface area (Å²) in [7, 11) is 3.49. The molecular weight excluding hydrogens is 368 g/mol. The van der Waals surface area contributed by atoms with Crippen molar-refractivity contribution in [3.8, 4) is 5.75 Å². The lowest BCUT2D eigenvalue weighted by molar-refractivity contribution is -0.132. The van der Waals surface area contributed by atoms with E-state index in [1.165, 1.54) is 0 Å². The summed E-state index contributed by atoms with van der Waals surface area (Å²) < 4.78 is 5.39. The Labute approximate surface area is 174 Å². The van der Waals surface area contributed by atoms with Gasteiger partial charge in [-0.3, -0.25) is 19.4 Å². The number of hydrogen-bond donors (Lipinski definition) is 0. The van der Waals surface area contributed by atoms with Crippen molar-refractivity contribution in [3.63, 3.8) is 0 Å². The summed E-state index contributed by atoms with van der Waals surface area (Å²) in [4.78, 5) is 33.3. The van der Waals surface area contributed by atoms with Crippen LogP contribution in [0.4, 0.5) is 0 Å². The molecule has 2 fully saturated rings. The van der Waals surface area contributed by atoms with Gasteiger partial charge in [0.1, 0.15) is 5.75 Å². The number of rotatable bonds is 7. The lowest BCUT2D eigenvalue weighted by atomic mass is 10.2. The molecule has 0 unspecified atom stereocenters. The van der Waals surface area contributed by atoms with E-state index in [0.717, 1.165) is 69.8 Å². The molecule has 29 heavy (non-hydrogen) atoms. The molecule has 0 aromatic heterocycles. The number of ether oxygens (including phenoxy) is 1. The molecule has 0 N–H and O–H groups in total. The maximum Gasteiger partial charge on any atom is 0.236 e. The first-order valence-corrected chi connectivity index (χ1v) is 10.6. The minimum atomic E-state index is 0.109. The zero-order valence-corrected chi connectivity index (χ0v) is 17.8. The molecule has 2 aliphatic heterocycles. The summed E-state index contributed by atoms with van der Waals surface area (Å²) in [6, 6.07) is 7.80. The van der Waals surface area contributed by atoms with Crippen LogP contribution >= 0.6 is 0 Å². The van der Waals surface area contributed by atoms with Crippen LogP contribution in [-0.4, -0.2) is 97.9 Å². The molecule has 2 heterocycles. The number of nitrogens with zero attached hydrogens (tertiary/aromatic N) is 4. The predicted molar refractivity (Wildman–Crippen MR) is 113 cm³/mol. The zero-order valence-electron chi connectivity index (χ0n) is 17.8. The third-order valence-corrected chi connectivity index (χ3v) is 5.88. The second kappa shape index (κ2) is 10.6. The van der Waals surface area contributed by atoms with Gasteiger partial charge in [-0.05, 0) is 38.4 Å². The molecule has 7 heteroatoms. The molecule has 2 saturated heterocycles. The van der Waals surface area contributed by atoms with Crippen LogP contribution in [0.3, 0.4) is 0 Å². The first-order chi connectivity index (χ1) is 14.1. The van der Waals surface area contributed by atoms with Crippen molar-refractivity contribution in [2.75, 3.05) is 66.5 Å². The fourth-order valence-corrected chi connectivity index (χ4v) is 4.09. The second-order valence-electron chi connectivity index (χ2n) is 8.06. The Hall–Kier alpha value is -2.12. The number of benzene rings is 1. The Morgan fingerprint density at radius 2 is 1.59 bits per heavy atom. The van der Waals surface area contributed by atoms with E-state index in [9.17, 15) is 9.59 Å². The first-order valence-electron chi connectivity index (χ1n) is 10.6. The predicted octanol–water partition coefficient (Wildman–Crippen LogP) is 1.28. The Morgan fingerprint density at radius 3 is 2.28 bits per heavy atom. The Kier molecular flexibility index (Phi) is 7.89. The summed E-state index contributed by atoms with van der Waals surface area (Å²) >= 11 is 0. The van der Waals surface area contributed by atoms with Crippen LogP contribution in [0.5, 0.6) is 5.75 Å². The lowest BCUT2D eigenvalue weighted by Gasteiger charge is -2.25. The smallest absolute Gasteiger partial charge is 0.236 e. The van der Waals surface area contributed by atoms with Crippen molar-refractivity contribution in [1.29, 1.82) is 0 Å². The summed E-state index contributed by atoms with van der Waals surface area (Å²) in [5.74, 6) is 1.17. The van der Waals surface area contributed by atoms with Gasteiger partial charge < -0.3 is 14.5 Å². The van der Waals surface area contributed by atoms with Gasteiger partial charge in [0, 0.05) is 45.3 Å². The molecule has 7 nitrogen and oxygen atoms in total. The zero-order chi connectivity index (χ0) is 20.6. The number of likely N-dealkylation sites (N-methyl/N-ethyl adjacent to an activating group) is 1. The number of para-hydroxylation sites is 1. The highest BCUT2D eigenvalue weighted by Crippen LogP contribution is 2.19. The highest BCUT2D eigenvalue weighted by atomic mass is 16.5. The Bertz CT molecular complexity index is 690. The third kappa shape index (κ3) is 6.18. The van der Waals surface area contributed by atoms with Crippen LogP contribution in [0.1, 0.15) is 24.8 Å². The average molecular weight is 403 g/mol. The number of carbonyl (C=O) groups is 2. The summed E-state index contributed by atoms with van der Waals surface area (Å²) in [5, 5.41) is 0. The molecule has 3 rings (SSSR count). The van der Waals surface area contributed by atoms with E-state index in [4.69, 9.17) is 4.74 Å². The molecule has 0 spiro atoms. The Morgan fingerprint density at radius 1 is 0.931 bits per heavy atom. The van der Waals surface area contributed by atoms with Gasteiger partial charge in [-0.25, -0.2) is 0 Å². The summed E-state index contributed by atoms with van der Waals surface area (Å²) in [6.07, 6.45) is 3.24. The summed E-state index contributed by atoms with van der Waals surface area (Å²) in [6.45, 7) is 6.74. The summed E-state index contributed by atoms with van der Waals surface area (Å²) in [5.41, 5.74) is 1.01. The monoisotopic (exact) mass is 402 g/mol. The van der Waals surface area contributed by atoms with E-state index in [-0.39, 0.29) is 11.8 Å². The number of amides is 2. The standard InChI is InChI=1S/C22H34N4O3/c1-23(16-19-8-3-4-9-20(19)29-2)21(27)17-24-10-7-11-25(15-14-24)18-22(28)26-12-5-6-13-26/h3-4,8-9H,5-7,10-18H2,1-2H3. The van der Waals surface area contributed by atoms with Gasteiger partial charge >= 0.3 is 0 Å². The van der Waals surface area contributed by atoms with Crippen molar-refractivity contribution in [2.45, 2.75) is 25.8 Å². The van der Waals surface area contributed by atoms with Gasteiger partial charge in [-0.2, -0.15) is 0 Å². The fraction of sp³-hybridized carbons (Fsp3) is 0.636. The topological polar surface area (TPSA) is 56.3 Å². The van der Waals surface area contributed by atoms with Crippen molar-refractivity contribution in [2.24, 2.45) is 0 Å². The van der Waals surface area contributed by atoms with E-state index in [1.54, 1.807) is 12.0 Å². The van der Waals surface area contributed by atoms with E-state index in [1.807, 2.05) is 36.2 Å². The molecule has 2 aliphatic rings. The molecule has 0 atom stereocenters. The van der Waals surface area contributed by atoms with Gasteiger partial charge in [-0.1, -0.05) is 18.2 Å². The van der Waals surface area contributed by atoms with Gasteiger partial charge in [0.15, 0.2) is 0 Å². The minimum Gasteiger partial charge on any atom is -0.496 e. The van der Waals surface area contributed by atoms with Gasteiger partial charge in [-0.15, -0.1) is 0 Å². The lowest BCUT2D eigenvalue weighted by Crippen LogP contribution is -2.42. The quantitative estimate of drug-likeness (QED) is 0.688. The first kappa shape index (κ1) is 21.6. The van der Waals surface area contributed by atoms with Gasteiger partial charge in [0.2, 0.25) is 11.8 Å². The molecule has 0 saturated carbocycles. The number of likely N-dealkylation sites (tertiary alicyclic amines) is 1. The maximum absolute atomic E-state index is 12.7. The van der Waals surface area contributed by atoms with Crippen molar-refractivity contribution < 1.29 is 14.3 Å². The Balaban J connectivity index is 1.45. The van der Waals surface area contributed by atoms with Crippen LogP contribution in [0.25, 0.3) is 0 Å². The van der Waals surface area contributed by atoms with E-state index >= 15 is 0 Å². The SMILES string of the molecule is COc1ccccc1CN(C)C(=O)CN1CCCN(CC(=O)N2CCCC2)CC1. The van der Waals surface area contributed by atoms with Crippen molar-refractivity contribution in [1.82, 2.24) is 19.6 Å². The molecule has 0 bridgehead atoms. The molecule has 0 radical (unpaired) electrons. The number of hydrogen-bond acceptors (Lipinski definition) is 5. The van der Waals surface area contributed by atoms with Crippen molar-refractivity contribution >= 4 is 11.8 Å². The van der Waals surface area contributed by atoms with Gasteiger partial charge in [0.05, 0.1) is 20.2 Å². The van der Waals surface area contributed by atoms with Crippen LogP contribution in [0, 0.1) is 0 Å². The third-order valence-electron chi connectivity index (χ3n) is 5.88. The van der Waals surface area contributed by atoms with Gasteiger partial charge in [0.25, 0.3) is 0 Å². The van der Waals surface area contributed by atoms with Crippen LogP contribution < -0.4 is 4.74 Å². The number of methoxy groups -OCH3 is 1. The normalized spacial score (nSPS) is 18.5. The van der Waals surface area contributed by atoms with Crippen molar-refractivity contribution in [3.05, 3.63) is 29.8 Å². The molecular formula is C22H34N4O3. The average Bonchev–Trinajstić information content (AvgIpc) is 3.18. The highest BCUT2D eigenvalue weighted by Gasteiger charge is 2.23. The van der Waals surface area contributed by atoms with E-state index in [2.05, 4.69) is 9.80 Å². The second-order valence-corrected chi connectivity index (χ2v) is 8.06. The largest absolute Gasteiger partial charge is 0.496 e. The molecule has 1 aromatic carbocycles. The molecule has 160 valence electrons. The van der Waals surface area contributed by atoms with Crippen LogP contribution in [0.15, 0.2) is 24.3 Å². The highest BCUT2D eigenvalue weighted by molar-refractivity contribution is 5.78. The fourth-order valence-electron chi connectivity index (χ4n) is 4.09. The maximum atomic E-state index is 12.7. The minimum absolute atomic E-state index is 0.109. The molecule has 2 amide bonds. The molecule has 0 aliphatic carbocycles. The van der Waals surface area contributed by atoms with Crippen LogP contribution in [-0.2, 0) is 16.1 Å². The number of carbonyl (C=O) groups excluding carboxylic acids is 2. The van der Waals surface area contributed by atoms with E-state index in [0.29, 0.717) is 19.6 Å².